The Bertz CT molecular complexity index is 821. The standard InChI is InChI=1S/C17H20N2O2S.2C10H21.Al.H/c1-3-20-15-9-5-13(6-10-15)18-17(22)19-14-7-11-16(12-8-14)21-4-2;2*1-3-5-7-9-10-8-6-4-2;;/h5-12H,3-4H2,1-2H3,(H2,18,19,22);2*1,3-10H2,2H3;;. The van der Waals surface area contributed by atoms with E-state index in [1.54, 1.807) is 23.4 Å². The average Bonchev–Trinajstić information content (AvgIpc) is 3.01. The number of thiocarbonyl (C=S) groups is 1. The lowest BCUT2D eigenvalue weighted by Crippen LogP contribution is -2.18. The first kappa shape index (κ1) is 39.3. The van der Waals surface area contributed by atoms with E-state index >= 15 is 0 Å². The van der Waals surface area contributed by atoms with E-state index in [2.05, 4.69) is 24.5 Å². The summed E-state index contributed by atoms with van der Waals surface area (Å²) in [6.07, 6.45) is 23.8. The monoisotopic (exact) mass is 626 g/mol. The molecule has 0 aliphatic heterocycles. The molecule has 0 bridgehead atoms. The van der Waals surface area contributed by atoms with Gasteiger partial charge in [0.25, 0.3) is 0 Å². The molecule has 2 rings (SSSR count). The molecular formula is C37H63AlN2O2S. The maximum absolute atomic E-state index is 5.40. The zero-order valence-corrected chi connectivity index (χ0v) is 30.4. The largest absolute Gasteiger partial charge is 0.494 e. The molecule has 4 nitrogen and oxygen atoms in total. The van der Waals surface area contributed by atoms with Gasteiger partial charge in [0.2, 0.25) is 15.2 Å². The Kier molecular flexibility index (Phi) is 26.5. The number of unbranched alkanes of at least 4 members (excludes halogenated alkanes) is 14. The van der Waals surface area contributed by atoms with E-state index in [9.17, 15) is 0 Å². The Labute approximate surface area is 277 Å². The zero-order chi connectivity index (χ0) is 31.2. The highest BCUT2D eigenvalue weighted by molar-refractivity contribution is 7.80. The highest BCUT2D eigenvalue weighted by Crippen LogP contribution is 2.18. The molecule has 0 aromatic heterocycles. The van der Waals surface area contributed by atoms with Gasteiger partial charge in [-0.05, 0) is 74.6 Å². The molecule has 0 amide bonds. The van der Waals surface area contributed by atoms with Gasteiger partial charge in [-0.15, -0.1) is 0 Å². The topological polar surface area (TPSA) is 42.5 Å². The summed E-state index contributed by atoms with van der Waals surface area (Å²) in [7, 11) is 0. The van der Waals surface area contributed by atoms with Crippen LogP contribution >= 0.6 is 12.2 Å². The van der Waals surface area contributed by atoms with Crippen LogP contribution in [0.15, 0.2) is 48.5 Å². The van der Waals surface area contributed by atoms with Crippen LogP contribution in [-0.4, -0.2) is 33.5 Å². The molecule has 242 valence electrons. The van der Waals surface area contributed by atoms with Gasteiger partial charge in [0.1, 0.15) is 11.5 Å². The molecule has 0 aliphatic carbocycles. The summed E-state index contributed by atoms with van der Waals surface area (Å²) in [6.45, 7) is 9.84. The van der Waals surface area contributed by atoms with Crippen LogP contribution in [0.4, 0.5) is 11.4 Å². The van der Waals surface area contributed by atoms with E-state index in [0.29, 0.717) is 33.5 Å². The van der Waals surface area contributed by atoms with Crippen molar-refractivity contribution < 1.29 is 9.47 Å². The maximum Gasteiger partial charge on any atom is 0.236 e. The lowest BCUT2D eigenvalue weighted by Gasteiger charge is -2.12. The molecule has 0 aliphatic rings. The fourth-order valence-electron chi connectivity index (χ4n) is 5.05. The van der Waals surface area contributed by atoms with Crippen molar-refractivity contribution in [3.8, 4) is 11.5 Å². The van der Waals surface area contributed by atoms with Gasteiger partial charge in [-0.2, -0.15) is 0 Å². The van der Waals surface area contributed by atoms with Crippen molar-refractivity contribution in [2.45, 2.75) is 141 Å². The SMILES string of the molecule is CCCCCCCCC[CH2][AlH][CH2]CCCCCCCCC.CCOc1ccc(NC(=S)Nc2ccc(OCC)cc2)cc1. The molecule has 2 aromatic carbocycles. The van der Waals surface area contributed by atoms with E-state index in [1.807, 2.05) is 62.4 Å². The normalized spacial score (nSPS) is 10.4. The van der Waals surface area contributed by atoms with Crippen LogP contribution in [0.2, 0.25) is 10.6 Å². The third-order valence-corrected chi connectivity index (χ3v) is 9.76. The van der Waals surface area contributed by atoms with Crippen LogP contribution in [0.3, 0.4) is 0 Å². The van der Waals surface area contributed by atoms with Crippen LogP contribution in [0.1, 0.15) is 130 Å². The predicted molar refractivity (Wildman–Crippen MR) is 197 cm³/mol. The number of hydrogen-bond donors (Lipinski definition) is 2. The molecule has 0 saturated heterocycles. The second kappa shape index (κ2) is 29.0. The van der Waals surface area contributed by atoms with Gasteiger partial charge in [0.05, 0.1) is 13.2 Å². The number of benzene rings is 2. The highest BCUT2D eigenvalue weighted by atomic mass is 32.1. The van der Waals surface area contributed by atoms with Crippen molar-refractivity contribution in [2.24, 2.45) is 0 Å². The van der Waals surface area contributed by atoms with Crippen LogP contribution < -0.4 is 20.1 Å². The molecule has 0 heterocycles. The second-order valence-corrected chi connectivity index (χ2v) is 14.0. The molecule has 0 saturated carbocycles. The van der Waals surface area contributed by atoms with E-state index in [-0.39, 0.29) is 0 Å². The van der Waals surface area contributed by atoms with Crippen molar-refractivity contribution in [3.63, 3.8) is 0 Å². The van der Waals surface area contributed by atoms with Crippen LogP contribution in [0.5, 0.6) is 11.5 Å². The molecule has 0 unspecified atom stereocenters. The molecule has 0 radical (unpaired) electrons. The lowest BCUT2D eigenvalue weighted by molar-refractivity contribution is 0.340. The van der Waals surface area contributed by atoms with Gasteiger partial charge in [0, 0.05) is 11.4 Å². The van der Waals surface area contributed by atoms with Crippen LogP contribution in [-0.2, 0) is 0 Å². The van der Waals surface area contributed by atoms with E-state index < -0.39 is 0 Å². The summed E-state index contributed by atoms with van der Waals surface area (Å²) < 4.78 is 10.8. The molecule has 2 N–H and O–H groups in total. The Morgan fingerprint density at radius 1 is 0.512 bits per heavy atom. The van der Waals surface area contributed by atoms with Gasteiger partial charge < -0.3 is 20.1 Å². The summed E-state index contributed by atoms with van der Waals surface area (Å²) in [5, 5.41) is 10.1. The molecular weight excluding hydrogens is 563 g/mol. The fraction of sp³-hybridized carbons (Fsp3) is 0.649. The first-order valence-electron chi connectivity index (χ1n) is 17.7. The van der Waals surface area contributed by atoms with Gasteiger partial charge in [0.15, 0.2) is 5.11 Å². The van der Waals surface area contributed by atoms with E-state index in [4.69, 9.17) is 21.7 Å². The number of hydrogen-bond acceptors (Lipinski definition) is 3. The lowest BCUT2D eigenvalue weighted by atomic mass is 10.1. The quantitative estimate of drug-likeness (QED) is 0.0689. The Hall–Kier alpha value is -1.74. The summed E-state index contributed by atoms with van der Waals surface area (Å²) >= 11 is 5.62. The van der Waals surface area contributed by atoms with E-state index in [0.717, 1.165) is 22.9 Å². The number of anilines is 2. The van der Waals surface area contributed by atoms with Gasteiger partial charge in [-0.1, -0.05) is 127 Å². The number of rotatable bonds is 24. The third kappa shape index (κ3) is 23.3. The summed E-state index contributed by atoms with van der Waals surface area (Å²) in [6, 6.07) is 15.3. The minimum atomic E-state index is 0.316. The summed E-state index contributed by atoms with van der Waals surface area (Å²) in [4.78, 5) is 0. The maximum atomic E-state index is 5.40. The summed E-state index contributed by atoms with van der Waals surface area (Å²) in [5.41, 5.74) is 1.82. The van der Waals surface area contributed by atoms with Crippen molar-refractivity contribution in [1.82, 2.24) is 0 Å². The first-order chi connectivity index (χ1) is 21.1. The molecule has 6 heteroatoms. The molecule has 0 fully saturated rings. The van der Waals surface area contributed by atoms with Crippen LogP contribution in [0.25, 0.3) is 0 Å². The van der Waals surface area contributed by atoms with Crippen molar-refractivity contribution in [3.05, 3.63) is 48.5 Å². The fourth-order valence-corrected chi connectivity index (χ4v) is 7.05. The van der Waals surface area contributed by atoms with Gasteiger partial charge in [-0.3, -0.25) is 0 Å². The highest BCUT2D eigenvalue weighted by Gasteiger charge is 2.01. The van der Waals surface area contributed by atoms with Gasteiger partial charge >= 0.3 is 0 Å². The smallest absolute Gasteiger partial charge is 0.236 e. The minimum absolute atomic E-state index is 0.316. The molecule has 0 atom stereocenters. The third-order valence-electron chi connectivity index (χ3n) is 7.55. The summed E-state index contributed by atoms with van der Waals surface area (Å²) in [5.74, 6) is 1.69. The van der Waals surface area contributed by atoms with Gasteiger partial charge in [-0.25, -0.2) is 0 Å². The minimum Gasteiger partial charge on any atom is -0.494 e. The Morgan fingerprint density at radius 3 is 1.16 bits per heavy atom. The first-order valence-corrected chi connectivity index (χ1v) is 20.1. The predicted octanol–water partition coefficient (Wildman–Crippen LogP) is 11.8. The molecule has 2 aromatic rings. The van der Waals surface area contributed by atoms with E-state index in [1.165, 1.54) is 89.9 Å². The number of ether oxygens (including phenoxy) is 2. The number of nitrogens with one attached hydrogen (secondary N) is 2. The Morgan fingerprint density at radius 2 is 0.837 bits per heavy atom. The molecule has 0 spiro atoms. The average molecular weight is 627 g/mol. The second-order valence-electron chi connectivity index (χ2n) is 11.5. The zero-order valence-electron chi connectivity index (χ0n) is 28.2. The van der Waals surface area contributed by atoms with Crippen molar-refractivity contribution in [1.29, 1.82) is 0 Å². The van der Waals surface area contributed by atoms with Crippen molar-refractivity contribution in [2.75, 3.05) is 23.8 Å². The van der Waals surface area contributed by atoms with Crippen molar-refractivity contribution >= 4 is 43.9 Å². The Balaban J connectivity index is 0.000000431. The molecule has 43 heavy (non-hydrogen) atoms. The van der Waals surface area contributed by atoms with Crippen LogP contribution in [0, 0.1) is 0 Å².